The third-order valence-electron chi connectivity index (χ3n) is 2.46. The minimum Gasteiger partial charge on any atom is -0.345 e. The van der Waals surface area contributed by atoms with Gasteiger partial charge in [0.2, 0.25) is 12.4 Å². The maximum absolute atomic E-state index is 10.8. The minimum atomic E-state index is -3.70. The van der Waals surface area contributed by atoms with E-state index in [4.69, 9.17) is 0 Å². The van der Waals surface area contributed by atoms with Crippen LogP contribution in [-0.4, -0.2) is 47.7 Å². The zero-order valence-electron chi connectivity index (χ0n) is 10.2. The first kappa shape index (κ1) is 14.7. The maximum Gasteiger partial charge on any atom is 0.717 e. The van der Waals surface area contributed by atoms with Crippen LogP contribution in [-0.2, 0) is 0 Å². The van der Waals surface area contributed by atoms with Crippen molar-refractivity contribution in [3.05, 3.63) is 36.5 Å². The Morgan fingerprint density at radius 1 is 1.05 bits per heavy atom. The molecular formula is C6H4N8O8. The first-order valence-electron chi connectivity index (χ1n) is 5.17. The van der Waals surface area contributed by atoms with Gasteiger partial charge in [-0.3, -0.25) is 30.3 Å². The molecule has 0 aliphatic heterocycles. The fourth-order valence-electron chi connectivity index (χ4n) is 1.34. The number of rotatable bonds is 7. The number of nitrogens with one attached hydrogen (secondary N) is 1. The summed E-state index contributed by atoms with van der Waals surface area (Å²) in [6.45, 7) is -1.31. The largest absolute Gasteiger partial charge is 0.717 e. The van der Waals surface area contributed by atoms with Gasteiger partial charge in [-0.15, -0.1) is 0 Å². The summed E-state index contributed by atoms with van der Waals surface area (Å²) in [6.07, 6.45) is 1.09. The summed E-state index contributed by atoms with van der Waals surface area (Å²) in [7, 11) is 0. The molecule has 22 heavy (non-hydrogen) atoms. The summed E-state index contributed by atoms with van der Waals surface area (Å²) in [6, 6.07) is 0. The topological polar surface area (TPSA) is 219 Å². The highest BCUT2D eigenvalue weighted by Gasteiger charge is 2.70. The van der Waals surface area contributed by atoms with Crippen LogP contribution in [0.5, 0.6) is 0 Å². The minimum absolute atomic E-state index is 0.00217. The van der Waals surface area contributed by atoms with Gasteiger partial charge in [0.25, 0.3) is 0 Å². The number of nitro groups is 3. The second-order valence-corrected chi connectivity index (χ2v) is 3.65. The fraction of sp³-hybridized carbons (Fsp3) is 0.333. The third kappa shape index (κ3) is 2.23. The molecule has 0 fully saturated rings. The van der Waals surface area contributed by atoms with Gasteiger partial charge >= 0.3 is 5.79 Å². The number of hydrogen-bond donors (Lipinski definition) is 1. The lowest BCUT2D eigenvalue weighted by Crippen LogP contribution is -2.58. The first-order valence-corrected chi connectivity index (χ1v) is 5.17. The number of nitrogens with zero attached hydrogens (tertiary/aromatic N) is 7. The molecule has 0 saturated heterocycles. The van der Waals surface area contributed by atoms with Crippen LogP contribution in [0.4, 0.5) is 5.82 Å². The number of anilines is 1. The van der Waals surface area contributed by atoms with Crippen molar-refractivity contribution in [1.82, 2.24) is 20.6 Å². The van der Waals surface area contributed by atoms with Crippen LogP contribution in [0.15, 0.2) is 15.5 Å². The van der Waals surface area contributed by atoms with Gasteiger partial charge in [0.1, 0.15) is 6.20 Å². The lowest BCUT2D eigenvalue weighted by Gasteiger charge is -2.09. The lowest BCUT2D eigenvalue weighted by atomic mass is 10.3. The highest BCUT2D eigenvalue weighted by atomic mass is 16.7. The molecule has 0 unspecified atom stereocenters. The van der Waals surface area contributed by atoms with Crippen molar-refractivity contribution in [3.8, 4) is 11.4 Å². The van der Waals surface area contributed by atoms with Crippen LogP contribution >= 0.6 is 0 Å². The Bertz CT molecular complexity index is 672. The van der Waals surface area contributed by atoms with Crippen molar-refractivity contribution >= 4 is 5.82 Å². The standard InChI is InChI=1S/C6H4N8O8/c15-12(16)6(13(17)18,14(19)20)2-7-5-4(10-22-11-5)3-1-8-21-9-3/h1H,2H2,(H,7,11). The smallest absolute Gasteiger partial charge is 0.345 e. The van der Waals surface area contributed by atoms with Crippen LogP contribution in [0.25, 0.3) is 11.4 Å². The van der Waals surface area contributed by atoms with E-state index < -0.39 is 27.1 Å². The average Bonchev–Trinajstić information content (AvgIpc) is 3.08. The molecule has 2 aromatic heterocycles. The molecule has 0 aliphatic carbocycles. The predicted molar refractivity (Wildman–Crippen MR) is 59.8 cm³/mol. The Kier molecular flexibility index (Phi) is 3.57. The van der Waals surface area contributed by atoms with E-state index in [1.807, 2.05) is 0 Å². The summed E-state index contributed by atoms with van der Waals surface area (Å²) in [5.41, 5.74) is -0.150. The van der Waals surface area contributed by atoms with E-state index in [1.165, 1.54) is 0 Å². The van der Waals surface area contributed by atoms with Gasteiger partial charge < -0.3 is 5.32 Å². The summed E-state index contributed by atoms with van der Waals surface area (Å²) < 4.78 is 8.63. The summed E-state index contributed by atoms with van der Waals surface area (Å²) in [4.78, 5) is 27.4. The summed E-state index contributed by atoms with van der Waals surface area (Å²) in [5.74, 6) is -4.04. The maximum atomic E-state index is 10.8. The molecule has 16 nitrogen and oxygen atoms in total. The Labute approximate surface area is 117 Å². The molecule has 2 heterocycles. The molecular weight excluding hydrogens is 312 g/mol. The molecule has 0 atom stereocenters. The zero-order chi connectivity index (χ0) is 16.3. The second-order valence-electron chi connectivity index (χ2n) is 3.65. The highest BCUT2D eigenvalue weighted by Crippen LogP contribution is 2.23. The Morgan fingerprint density at radius 3 is 2.18 bits per heavy atom. The van der Waals surface area contributed by atoms with Gasteiger partial charge in [-0.2, -0.15) is 0 Å². The second kappa shape index (κ2) is 5.34. The first-order chi connectivity index (χ1) is 10.4. The van der Waals surface area contributed by atoms with E-state index >= 15 is 0 Å². The normalized spacial score (nSPS) is 11.1. The molecule has 0 radical (unpaired) electrons. The van der Waals surface area contributed by atoms with E-state index in [9.17, 15) is 30.3 Å². The highest BCUT2D eigenvalue weighted by molar-refractivity contribution is 5.66. The van der Waals surface area contributed by atoms with E-state index in [1.54, 1.807) is 0 Å². The monoisotopic (exact) mass is 316 g/mol. The van der Waals surface area contributed by atoms with Gasteiger partial charge in [-0.05, 0) is 15.5 Å². The molecule has 2 aromatic rings. The van der Waals surface area contributed by atoms with Crippen molar-refractivity contribution in [2.45, 2.75) is 5.79 Å². The summed E-state index contributed by atoms with van der Waals surface area (Å²) in [5, 5.41) is 47.6. The fourth-order valence-corrected chi connectivity index (χ4v) is 1.34. The average molecular weight is 316 g/mol. The molecule has 0 bridgehead atoms. The Balaban J connectivity index is 2.28. The van der Waals surface area contributed by atoms with Crippen LogP contribution in [0.2, 0.25) is 0 Å². The van der Waals surface area contributed by atoms with E-state index in [2.05, 4.69) is 35.2 Å². The molecule has 0 aliphatic rings. The van der Waals surface area contributed by atoms with Gasteiger partial charge in [0.15, 0.2) is 26.2 Å². The number of aromatic nitrogens is 4. The molecule has 16 heteroatoms. The molecule has 0 aromatic carbocycles. The molecule has 1 N–H and O–H groups in total. The quantitative estimate of drug-likeness (QED) is 0.368. The van der Waals surface area contributed by atoms with Crippen molar-refractivity contribution in [2.24, 2.45) is 0 Å². The van der Waals surface area contributed by atoms with Crippen LogP contribution in [0.1, 0.15) is 0 Å². The molecule has 2 rings (SSSR count). The Hall–Kier alpha value is -3.72. The van der Waals surface area contributed by atoms with E-state index in [0.29, 0.717) is 0 Å². The van der Waals surface area contributed by atoms with Gasteiger partial charge in [0, 0.05) is 0 Å². The van der Waals surface area contributed by atoms with Crippen LogP contribution in [0.3, 0.4) is 0 Å². The van der Waals surface area contributed by atoms with Crippen LogP contribution in [0, 0.1) is 30.3 Å². The van der Waals surface area contributed by atoms with Crippen LogP contribution < -0.4 is 5.32 Å². The molecule has 0 amide bonds. The Morgan fingerprint density at radius 2 is 1.68 bits per heavy atom. The number of hydrogen-bond acceptors (Lipinski definition) is 13. The van der Waals surface area contributed by atoms with Gasteiger partial charge in [-0.25, -0.2) is 9.26 Å². The third-order valence-corrected chi connectivity index (χ3v) is 2.46. The molecule has 0 saturated carbocycles. The molecule has 116 valence electrons. The van der Waals surface area contributed by atoms with Gasteiger partial charge in [-0.1, -0.05) is 5.16 Å². The van der Waals surface area contributed by atoms with Crippen molar-refractivity contribution in [2.75, 3.05) is 11.9 Å². The zero-order valence-corrected chi connectivity index (χ0v) is 10.2. The lowest BCUT2D eigenvalue weighted by molar-refractivity contribution is -0.965. The van der Waals surface area contributed by atoms with E-state index in [-0.39, 0.29) is 17.2 Å². The predicted octanol–water partition coefficient (Wildman–Crippen LogP) is -0.985. The van der Waals surface area contributed by atoms with Crippen molar-refractivity contribution in [1.29, 1.82) is 0 Å². The van der Waals surface area contributed by atoms with Crippen molar-refractivity contribution < 1.29 is 24.0 Å². The SMILES string of the molecule is O=[N+]([O-])C(CNc1nonc1-c1cnon1)([N+](=O)[O-])[N+](=O)[O-]. The summed E-state index contributed by atoms with van der Waals surface area (Å²) >= 11 is 0. The molecule has 0 spiro atoms. The van der Waals surface area contributed by atoms with E-state index in [0.717, 1.165) is 6.20 Å². The van der Waals surface area contributed by atoms with Crippen molar-refractivity contribution in [3.63, 3.8) is 0 Å². The van der Waals surface area contributed by atoms with Gasteiger partial charge in [0.05, 0.1) is 0 Å².